The molecule has 2 rings (SSSR count). The number of benzene rings is 1. The number of carbonyl (C=O) groups excluding carboxylic acids is 2. The van der Waals surface area contributed by atoms with E-state index < -0.39 is 5.97 Å². The Hall–Kier alpha value is -2.06. The van der Waals surface area contributed by atoms with Crippen molar-refractivity contribution in [2.24, 2.45) is 0 Å². The van der Waals surface area contributed by atoms with E-state index in [-0.39, 0.29) is 5.91 Å². The molecular formula is C18H22N2O4S2. The van der Waals surface area contributed by atoms with Gasteiger partial charge in [0.2, 0.25) is 5.91 Å². The van der Waals surface area contributed by atoms with E-state index in [2.05, 4.69) is 10.3 Å². The topological polar surface area (TPSA) is 77.5 Å². The number of esters is 1. The second kappa shape index (κ2) is 10.2. The summed E-state index contributed by atoms with van der Waals surface area (Å²) in [4.78, 5) is 29.6. The predicted octanol–water partition coefficient (Wildman–Crippen LogP) is 4.15. The molecule has 0 aliphatic rings. The molecule has 1 aromatic heterocycles. The van der Waals surface area contributed by atoms with Gasteiger partial charge in [-0.15, -0.1) is 11.8 Å². The number of rotatable bonds is 9. The Balaban J connectivity index is 1.74. The van der Waals surface area contributed by atoms with Crippen molar-refractivity contribution in [2.45, 2.75) is 31.6 Å². The lowest BCUT2D eigenvalue weighted by Crippen LogP contribution is -2.11. The maximum Gasteiger partial charge on any atom is 0.350 e. The zero-order valence-electron chi connectivity index (χ0n) is 15.0. The number of methoxy groups -OCH3 is 1. The highest BCUT2D eigenvalue weighted by atomic mass is 32.2. The monoisotopic (exact) mass is 394 g/mol. The van der Waals surface area contributed by atoms with Gasteiger partial charge >= 0.3 is 5.97 Å². The molecule has 0 atom stereocenters. The number of aromatic nitrogens is 1. The molecule has 1 aromatic carbocycles. The van der Waals surface area contributed by atoms with Gasteiger partial charge in [0.05, 0.1) is 19.4 Å². The number of nitrogens with one attached hydrogen (secondary N) is 1. The molecular weight excluding hydrogens is 372 g/mol. The molecule has 0 saturated heterocycles. The van der Waals surface area contributed by atoms with Crippen LogP contribution in [0.2, 0.25) is 0 Å². The number of nitrogens with zero attached hydrogens (tertiary/aromatic N) is 1. The Kier molecular flexibility index (Phi) is 7.93. The minimum Gasteiger partial charge on any atom is -0.497 e. The largest absolute Gasteiger partial charge is 0.497 e. The smallest absolute Gasteiger partial charge is 0.350 e. The quantitative estimate of drug-likeness (QED) is 0.391. The van der Waals surface area contributed by atoms with E-state index in [0.29, 0.717) is 28.7 Å². The third-order valence-electron chi connectivity index (χ3n) is 3.38. The van der Waals surface area contributed by atoms with E-state index in [1.54, 1.807) is 32.7 Å². The summed E-state index contributed by atoms with van der Waals surface area (Å²) in [5.41, 5.74) is 0.568. The van der Waals surface area contributed by atoms with Crippen LogP contribution < -0.4 is 10.1 Å². The molecule has 1 amide bonds. The van der Waals surface area contributed by atoms with Crippen molar-refractivity contribution < 1.29 is 19.1 Å². The molecule has 6 nitrogen and oxygen atoms in total. The lowest BCUT2D eigenvalue weighted by Gasteiger charge is -2.04. The van der Waals surface area contributed by atoms with Crippen LogP contribution in [0.15, 0.2) is 29.2 Å². The fourth-order valence-corrected chi connectivity index (χ4v) is 3.84. The van der Waals surface area contributed by atoms with E-state index in [1.807, 2.05) is 24.3 Å². The van der Waals surface area contributed by atoms with Crippen LogP contribution in [-0.4, -0.2) is 36.3 Å². The molecule has 0 aliphatic carbocycles. The van der Waals surface area contributed by atoms with E-state index in [0.717, 1.165) is 34.2 Å². The number of carbonyl (C=O) groups is 2. The number of amides is 1. The maximum atomic E-state index is 12.0. The average Bonchev–Trinajstić information content (AvgIpc) is 2.99. The zero-order chi connectivity index (χ0) is 18.9. The average molecular weight is 395 g/mol. The van der Waals surface area contributed by atoms with Crippen molar-refractivity contribution in [1.29, 1.82) is 0 Å². The Morgan fingerprint density at radius 1 is 1.27 bits per heavy atom. The lowest BCUT2D eigenvalue weighted by atomic mass is 10.3. The first-order valence-corrected chi connectivity index (χ1v) is 10.0. The van der Waals surface area contributed by atoms with Crippen molar-refractivity contribution in [1.82, 2.24) is 4.98 Å². The number of hydrogen-bond acceptors (Lipinski definition) is 7. The van der Waals surface area contributed by atoms with Crippen molar-refractivity contribution in [3.63, 3.8) is 0 Å². The van der Waals surface area contributed by atoms with Crippen LogP contribution in [0.1, 0.15) is 35.1 Å². The van der Waals surface area contributed by atoms with Gasteiger partial charge in [0.1, 0.15) is 10.6 Å². The van der Waals surface area contributed by atoms with Crippen LogP contribution >= 0.6 is 23.1 Å². The Labute approximate surface area is 161 Å². The Morgan fingerprint density at radius 2 is 2.00 bits per heavy atom. The summed E-state index contributed by atoms with van der Waals surface area (Å²) in [6.45, 7) is 3.79. The summed E-state index contributed by atoms with van der Waals surface area (Å²) < 4.78 is 10.1. The number of anilines is 1. The molecule has 1 N–H and O–H groups in total. The highest BCUT2D eigenvalue weighted by molar-refractivity contribution is 7.99. The SMILES string of the molecule is CCOC(=O)c1sc(NC(=O)CCCSc2ccc(OC)cc2)nc1C. The number of thiazole rings is 1. The number of hydrogen-bond donors (Lipinski definition) is 1. The fourth-order valence-electron chi connectivity index (χ4n) is 2.11. The molecule has 8 heteroatoms. The van der Waals surface area contributed by atoms with E-state index >= 15 is 0 Å². The maximum absolute atomic E-state index is 12.0. The summed E-state index contributed by atoms with van der Waals surface area (Å²) in [5.74, 6) is 1.16. The fraction of sp³-hybridized carbons (Fsp3) is 0.389. The van der Waals surface area contributed by atoms with Gasteiger partial charge < -0.3 is 14.8 Å². The first-order valence-electron chi connectivity index (χ1n) is 8.24. The lowest BCUT2D eigenvalue weighted by molar-refractivity contribution is -0.116. The molecule has 0 unspecified atom stereocenters. The van der Waals surface area contributed by atoms with E-state index in [4.69, 9.17) is 9.47 Å². The summed E-state index contributed by atoms with van der Waals surface area (Å²) >= 11 is 2.83. The van der Waals surface area contributed by atoms with Crippen LogP contribution in [0, 0.1) is 6.92 Å². The van der Waals surface area contributed by atoms with Gasteiger partial charge in [-0.2, -0.15) is 0 Å². The summed E-state index contributed by atoms with van der Waals surface area (Å²) in [5, 5.41) is 3.18. The minimum atomic E-state index is -0.404. The molecule has 140 valence electrons. The zero-order valence-corrected chi connectivity index (χ0v) is 16.7. The Bertz CT molecular complexity index is 744. The summed E-state index contributed by atoms with van der Waals surface area (Å²) in [7, 11) is 1.64. The first-order chi connectivity index (χ1) is 12.5. The molecule has 0 saturated carbocycles. The minimum absolute atomic E-state index is 0.107. The Morgan fingerprint density at radius 3 is 2.65 bits per heavy atom. The van der Waals surface area contributed by atoms with Crippen LogP contribution in [0.5, 0.6) is 5.75 Å². The number of thioether (sulfide) groups is 1. The van der Waals surface area contributed by atoms with Gasteiger partial charge in [-0.25, -0.2) is 9.78 Å². The van der Waals surface area contributed by atoms with Crippen molar-refractivity contribution in [3.05, 3.63) is 34.8 Å². The first kappa shape index (κ1) is 20.3. The van der Waals surface area contributed by atoms with Gasteiger partial charge in [-0.05, 0) is 50.3 Å². The predicted molar refractivity (Wildman–Crippen MR) is 104 cm³/mol. The van der Waals surface area contributed by atoms with Gasteiger partial charge in [-0.1, -0.05) is 11.3 Å². The van der Waals surface area contributed by atoms with Crippen molar-refractivity contribution in [2.75, 3.05) is 24.8 Å². The van der Waals surface area contributed by atoms with Gasteiger partial charge in [0.25, 0.3) is 0 Å². The molecule has 2 aromatic rings. The highest BCUT2D eigenvalue weighted by Gasteiger charge is 2.17. The van der Waals surface area contributed by atoms with Crippen LogP contribution in [0.4, 0.5) is 5.13 Å². The number of ether oxygens (including phenoxy) is 2. The van der Waals surface area contributed by atoms with Crippen molar-refractivity contribution in [3.8, 4) is 5.75 Å². The van der Waals surface area contributed by atoms with Crippen LogP contribution in [0.25, 0.3) is 0 Å². The van der Waals surface area contributed by atoms with Crippen LogP contribution in [-0.2, 0) is 9.53 Å². The molecule has 0 fully saturated rings. The molecule has 26 heavy (non-hydrogen) atoms. The number of aryl methyl sites for hydroxylation is 1. The molecule has 0 radical (unpaired) electrons. The molecule has 1 heterocycles. The van der Waals surface area contributed by atoms with Crippen molar-refractivity contribution >= 4 is 40.1 Å². The molecule has 0 spiro atoms. The van der Waals surface area contributed by atoms with Gasteiger partial charge in [0.15, 0.2) is 5.13 Å². The highest BCUT2D eigenvalue weighted by Crippen LogP contribution is 2.24. The standard InChI is InChI=1S/C18H22N2O4S2/c1-4-24-17(22)16-12(2)19-18(26-16)20-15(21)6-5-11-25-14-9-7-13(23-3)8-10-14/h7-10H,4-6,11H2,1-3H3,(H,19,20,21). The van der Waals surface area contributed by atoms with E-state index in [1.165, 1.54) is 0 Å². The molecule has 0 bridgehead atoms. The normalized spacial score (nSPS) is 10.4. The van der Waals surface area contributed by atoms with Gasteiger partial charge in [0, 0.05) is 11.3 Å². The molecule has 0 aliphatic heterocycles. The second-order valence-corrected chi connectivity index (χ2v) is 7.50. The van der Waals surface area contributed by atoms with Gasteiger partial charge in [-0.3, -0.25) is 4.79 Å². The third kappa shape index (κ3) is 6.03. The second-order valence-electron chi connectivity index (χ2n) is 5.33. The van der Waals surface area contributed by atoms with Crippen LogP contribution in [0.3, 0.4) is 0 Å². The summed E-state index contributed by atoms with van der Waals surface area (Å²) in [6.07, 6.45) is 1.15. The van der Waals surface area contributed by atoms with E-state index in [9.17, 15) is 9.59 Å². The third-order valence-corrected chi connectivity index (χ3v) is 5.53. The summed E-state index contributed by atoms with van der Waals surface area (Å²) in [6, 6.07) is 7.83.